The van der Waals surface area contributed by atoms with Gasteiger partial charge in [-0.05, 0) is 43.9 Å². The molecule has 134 valence electrons. The summed E-state index contributed by atoms with van der Waals surface area (Å²) in [7, 11) is 0. The molecule has 8 heteroatoms. The topological polar surface area (TPSA) is 86.3 Å². The quantitative estimate of drug-likeness (QED) is 0.884. The first-order valence-corrected chi connectivity index (χ1v) is 8.45. The van der Waals surface area contributed by atoms with Crippen molar-refractivity contribution in [3.05, 3.63) is 23.8 Å². The van der Waals surface area contributed by atoms with Crippen LogP contribution in [0.1, 0.15) is 37.9 Å². The predicted molar refractivity (Wildman–Crippen MR) is 85.2 cm³/mol. The van der Waals surface area contributed by atoms with Crippen LogP contribution in [0.2, 0.25) is 0 Å². The van der Waals surface area contributed by atoms with Gasteiger partial charge in [-0.1, -0.05) is 6.07 Å². The zero-order chi connectivity index (χ0) is 17.4. The van der Waals surface area contributed by atoms with Crippen molar-refractivity contribution < 1.29 is 28.5 Å². The first-order valence-electron chi connectivity index (χ1n) is 8.45. The third-order valence-electron chi connectivity index (χ3n) is 4.68. The van der Waals surface area contributed by atoms with E-state index in [1.165, 1.54) is 0 Å². The van der Waals surface area contributed by atoms with Crippen LogP contribution >= 0.6 is 0 Å². The maximum absolute atomic E-state index is 12.5. The number of hydrogen-bond donors (Lipinski definition) is 1. The van der Waals surface area contributed by atoms with E-state index >= 15 is 0 Å². The SMILES string of the molecule is C[C@H]1[C@H](c2ccc3c(c2)OCO3)OC(=O)N1C(=O)NC1CCCCO1. The van der Waals surface area contributed by atoms with E-state index in [4.69, 9.17) is 18.9 Å². The van der Waals surface area contributed by atoms with E-state index in [1.54, 1.807) is 19.1 Å². The van der Waals surface area contributed by atoms with E-state index in [2.05, 4.69) is 5.32 Å². The number of carbonyl (C=O) groups excluding carboxylic acids is 2. The van der Waals surface area contributed by atoms with Crippen LogP contribution in [-0.4, -0.2) is 42.7 Å². The van der Waals surface area contributed by atoms with Gasteiger partial charge in [-0.3, -0.25) is 0 Å². The molecule has 8 nitrogen and oxygen atoms in total. The summed E-state index contributed by atoms with van der Waals surface area (Å²) in [5.41, 5.74) is 0.759. The summed E-state index contributed by atoms with van der Waals surface area (Å²) in [4.78, 5) is 25.8. The van der Waals surface area contributed by atoms with Crippen molar-refractivity contribution >= 4 is 12.1 Å². The molecular formula is C17H20N2O6. The summed E-state index contributed by atoms with van der Waals surface area (Å²) in [6.45, 7) is 2.57. The maximum atomic E-state index is 12.5. The highest BCUT2D eigenvalue weighted by atomic mass is 16.7. The average molecular weight is 348 g/mol. The van der Waals surface area contributed by atoms with Crippen molar-refractivity contribution in [1.29, 1.82) is 0 Å². The minimum Gasteiger partial charge on any atom is -0.454 e. The first kappa shape index (κ1) is 16.0. The molecule has 2 saturated heterocycles. The van der Waals surface area contributed by atoms with Gasteiger partial charge in [0.1, 0.15) is 12.3 Å². The molecule has 3 amide bonds. The normalized spacial score (nSPS) is 28.0. The van der Waals surface area contributed by atoms with Crippen LogP contribution in [0.5, 0.6) is 11.5 Å². The van der Waals surface area contributed by atoms with Crippen molar-refractivity contribution in [2.45, 2.75) is 44.6 Å². The highest BCUT2D eigenvalue weighted by Gasteiger charge is 2.44. The smallest absolute Gasteiger partial charge is 0.419 e. The number of benzene rings is 1. The number of amides is 3. The number of nitrogens with one attached hydrogen (secondary N) is 1. The lowest BCUT2D eigenvalue weighted by Crippen LogP contribution is -2.49. The minimum atomic E-state index is -0.663. The summed E-state index contributed by atoms with van der Waals surface area (Å²) in [6, 6.07) is 4.43. The maximum Gasteiger partial charge on any atom is 0.419 e. The molecule has 25 heavy (non-hydrogen) atoms. The molecule has 0 saturated carbocycles. The van der Waals surface area contributed by atoms with Gasteiger partial charge in [0.25, 0.3) is 0 Å². The fraction of sp³-hybridized carbons (Fsp3) is 0.529. The van der Waals surface area contributed by atoms with Crippen molar-refractivity contribution in [2.24, 2.45) is 0 Å². The van der Waals surface area contributed by atoms with Crippen molar-refractivity contribution in [3.63, 3.8) is 0 Å². The monoisotopic (exact) mass is 348 g/mol. The van der Waals surface area contributed by atoms with Crippen LogP contribution in [0.15, 0.2) is 18.2 Å². The lowest BCUT2D eigenvalue weighted by atomic mass is 10.0. The Morgan fingerprint density at radius 2 is 2.08 bits per heavy atom. The van der Waals surface area contributed by atoms with E-state index in [0.29, 0.717) is 18.1 Å². The second-order valence-corrected chi connectivity index (χ2v) is 6.33. The summed E-state index contributed by atoms with van der Waals surface area (Å²) >= 11 is 0. The number of ether oxygens (including phenoxy) is 4. The van der Waals surface area contributed by atoms with Gasteiger partial charge >= 0.3 is 12.1 Å². The third kappa shape index (κ3) is 2.97. The van der Waals surface area contributed by atoms with E-state index in [0.717, 1.165) is 29.7 Å². The summed E-state index contributed by atoms with van der Waals surface area (Å²) < 4.78 is 21.6. The zero-order valence-corrected chi connectivity index (χ0v) is 13.9. The number of fused-ring (bicyclic) bond motifs is 1. The van der Waals surface area contributed by atoms with Crippen LogP contribution < -0.4 is 14.8 Å². The first-order chi connectivity index (χ1) is 12.1. The Balaban J connectivity index is 1.47. The van der Waals surface area contributed by atoms with E-state index < -0.39 is 24.3 Å². The second-order valence-electron chi connectivity index (χ2n) is 6.33. The largest absolute Gasteiger partial charge is 0.454 e. The fourth-order valence-corrected chi connectivity index (χ4v) is 3.33. The van der Waals surface area contributed by atoms with Crippen LogP contribution in [0, 0.1) is 0 Å². The van der Waals surface area contributed by atoms with Crippen molar-refractivity contribution in [3.8, 4) is 11.5 Å². The highest BCUT2D eigenvalue weighted by molar-refractivity contribution is 5.93. The molecule has 0 aromatic heterocycles. The standard InChI is InChI=1S/C17H20N2O6/c1-10-15(11-5-6-12-13(8-11)24-9-23-12)25-17(21)19(10)16(20)18-14-4-2-3-7-22-14/h5-6,8,10,14-15H,2-4,7,9H2,1H3,(H,18,20)/t10-,14?,15+/m0/s1. The van der Waals surface area contributed by atoms with Crippen LogP contribution in [0.3, 0.4) is 0 Å². The molecule has 1 aromatic rings. The lowest BCUT2D eigenvalue weighted by Gasteiger charge is -2.26. The Kier molecular flexibility index (Phi) is 4.12. The predicted octanol–water partition coefficient (Wildman–Crippen LogP) is 2.53. The molecule has 2 fully saturated rings. The second kappa shape index (κ2) is 6.44. The summed E-state index contributed by atoms with van der Waals surface area (Å²) in [5.74, 6) is 1.27. The van der Waals surface area contributed by atoms with E-state index in [9.17, 15) is 9.59 Å². The van der Waals surface area contributed by atoms with Crippen molar-refractivity contribution in [2.75, 3.05) is 13.4 Å². The van der Waals surface area contributed by atoms with Crippen LogP contribution in [0.25, 0.3) is 0 Å². The molecule has 1 unspecified atom stereocenters. The minimum absolute atomic E-state index is 0.175. The molecule has 3 aliphatic rings. The molecule has 4 rings (SSSR count). The van der Waals surface area contributed by atoms with Gasteiger partial charge in [0.05, 0.1) is 6.04 Å². The van der Waals surface area contributed by atoms with E-state index in [-0.39, 0.29) is 13.0 Å². The van der Waals surface area contributed by atoms with Gasteiger partial charge in [-0.25, -0.2) is 14.5 Å². The zero-order valence-electron chi connectivity index (χ0n) is 13.9. The Hall–Kier alpha value is -2.48. The number of urea groups is 1. The van der Waals surface area contributed by atoms with Gasteiger partial charge in [-0.15, -0.1) is 0 Å². The van der Waals surface area contributed by atoms with Gasteiger partial charge in [-0.2, -0.15) is 0 Å². The van der Waals surface area contributed by atoms with Gasteiger partial charge in [0, 0.05) is 6.61 Å². The van der Waals surface area contributed by atoms with Gasteiger partial charge < -0.3 is 24.3 Å². The van der Waals surface area contributed by atoms with Crippen LogP contribution in [0.4, 0.5) is 9.59 Å². The van der Waals surface area contributed by atoms with Crippen LogP contribution in [-0.2, 0) is 9.47 Å². The lowest BCUT2D eigenvalue weighted by molar-refractivity contribution is -0.0000140. The average Bonchev–Trinajstić information content (AvgIpc) is 3.19. The molecule has 3 aliphatic heterocycles. The number of rotatable bonds is 2. The Labute approximate surface area is 145 Å². The number of imide groups is 1. The number of nitrogens with zero attached hydrogens (tertiary/aromatic N) is 1. The number of cyclic esters (lactones) is 1. The summed E-state index contributed by atoms with van der Waals surface area (Å²) in [5, 5.41) is 2.75. The van der Waals surface area contributed by atoms with E-state index in [1.807, 2.05) is 6.07 Å². The molecule has 3 atom stereocenters. The Morgan fingerprint density at radius 1 is 1.24 bits per heavy atom. The van der Waals surface area contributed by atoms with Gasteiger partial charge in [0.2, 0.25) is 6.79 Å². The molecule has 0 bridgehead atoms. The molecule has 1 N–H and O–H groups in total. The molecular weight excluding hydrogens is 328 g/mol. The number of hydrogen-bond acceptors (Lipinski definition) is 6. The fourth-order valence-electron chi connectivity index (χ4n) is 3.33. The third-order valence-corrected chi connectivity index (χ3v) is 4.68. The van der Waals surface area contributed by atoms with Crippen molar-refractivity contribution in [1.82, 2.24) is 10.2 Å². The number of carbonyl (C=O) groups is 2. The molecule has 0 radical (unpaired) electrons. The molecule has 0 spiro atoms. The van der Waals surface area contributed by atoms with Gasteiger partial charge in [0.15, 0.2) is 11.5 Å². The summed E-state index contributed by atoms with van der Waals surface area (Å²) in [6.07, 6.45) is 1.15. The molecule has 1 aromatic carbocycles. The highest BCUT2D eigenvalue weighted by Crippen LogP contribution is 2.39. The Morgan fingerprint density at radius 3 is 2.88 bits per heavy atom. The molecule has 3 heterocycles. The Bertz CT molecular complexity index is 688. The molecule has 0 aliphatic carbocycles.